The first-order valence-electron chi connectivity index (χ1n) is 5.73. The summed E-state index contributed by atoms with van der Waals surface area (Å²) >= 11 is 0. The van der Waals surface area contributed by atoms with Crippen molar-refractivity contribution < 1.29 is 8.83 Å². The molecule has 0 unspecified atom stereocenters. The van der Waals surface area contributed by atoms with Gasteiger partial charge < -0.3 is 8.83 Å². The number of rotatable bonds is 4. The van der Waals surface area contributed by atoms with Crippen LogP contribution in [0.25, 0.3) is 0 Å². The lowest BCUT2D eigenvalue weighted by atomic mass is 10.5. The lowest BCUT2D eigenvalue weighted by Crippen LogP contribution is -2.20. The molecule has 3 rings (SSSR count). The summed E-state index contributed by atoms with van der Waals surface area (Å²) in [6.07, 6.45) is 5.96. The van der Waals surface area contributed by atoms with Gasteiger partial charge in [0.2, 0.25) is 4.80 Å². The van der Waals surface area contributed by atoms with Crippen LogP contribution in [-0.2, 0) is 0 Å². The molecule has 0 aliphatic heterocycles. The van der Waals surface area contributed by atoms with Gasteiger partial charge in [-0.1, -0.05) is 0 Å². The summed E-state index contributed by atoms with van der Waals surface area (Å²) in [6, 6.07) is 6.96. The van der Waals surface area contributed by atoms with E-state index in [9.17, 15) is 4.79 Å². The van der Waals surface area contributed by atoms with Gasteiger partial charge in [-0.05, 0) is 44.9 Å². The van der Waals surface area contributed by atoms with E-state index in [1.807, 2.05) is 0 Å². The van der Waals surface area contributed by atoms with Crippen molar-refractivity contribution in [3.8, 4) is 0 Å². The van der Waals surface area contributed by atoms with E-state index >= 15 is 0 Å². The molecular weight excluding hydrogens is 312 g/mol. The summed E-state index contributed by atoms with van der Waals surface area (Å²) < 4.78 is 11.4. The maximum absolute atomic E-state index is 11.7. The van der Waals surface area contributed by atoms with Crippen LogP contribution in [0.5, 0.6) is 0 Å². The fourth-order valence-electron chi connectivity index (χ4n) is 1.36. The molecule has 0 saturated carbocycles. The van der Waals surface area contributed by atoms with Gasteiger partial charge in [-0.15, -0.1) is 5.10 Å². The van der Waals surface area contributed by atoms with Gasteiger partial charge in [-0.3, -0.25) is 4.79 Å². The Labute approximate surface area is 125 Å². The number of furan rings is 2. The number of aromatic nitrogens is 1. The van der Waals surface area contributed by atoms with E-state index in [-0.39, 0.29) is 4.87 Å². The third-order valence-electron chi connectivity index (χ3n) is 2.26. The molecule has 3 aromatic heterocycles. The summed E-state index contributed by atoms with van der Waals surface area (Å²) in [5.74, 6) is 1.12. The van der Waals surface area contributed by atoms with Crippen LogP contribution < -0.4 is 9.67 Å². The van der Waals surface area contributed by atoms with E-state index in [4.69, 9.17) is 8.83 Å². The number of hydrogen-bond donors (Lipinski definition) is 0. The molecular formula is C12H8N4O3S2. The largest absolute Gasteiger partial charge is 0.463 e. The van der Waals surface area contributed by atoms with Crippen molar-refractivity contribution in [2.75, 3.05) is 0 Å². The summed E-state index contributed by atoms with van der Waals surface area (Å²) in [5.41, 5.74) is 0. The highest BCUT2D eigenvalue weighted by atomic mass is 32.9. The fraction of sp³-hybridized carbons (Fsp3) is 0. The Morgan fingerprint density at radius 1 is 1.05 bits per heavy atom. The third-order valence-corrected chi connectivity index (χ3v) is 4.18. The molecule has 0 bridgehead atoms. The Morgan fingerprint density at radius 3 is 2.43 bits per heavy atom. The first-order chi connectivity index (χ1) is 10.3. The molecule has 21 heavy (non-hydrogen) atoms. The molecule has 0 radical (unpaired) electrons. The average Bonchev–Trinajstić information content (AvgIpc) is 3.20. The summed E-state index contributed by atoms with van der Waals surface area (Å²) in [5, 5.41) is 11.9. The van der Waals surface area contributed by atoms with Gasteiger partial charge in [0.15, 0.2) is 0 Å². The summed E-state index contributed by atoms with van der Waals surface area (Å²) in [7, 11) is 2.22. The van der Waals surface area contributed by atoms with Crippen molar-refractivity contribution >= 4 is 33.1 Å². The van der Waals surface area contributed by atoms with Crippen LogP contribution in [0, 0.1) is 0 Å². The fourth-order valence-corrected chi connectivity index (χ4v) is 3.01. The second-order valence-electron chi connectivity index (χ2n) is 3.65. The second kappa shape index (κ2) is 6.29. The Kier molecular flexibility index (Phi) is 4.03. The van der Waals surface area contributed by atoms with Gasteiger partial charge in [0.1, 0.15) is 11.5 Å². The van der Waals surface area contributed by atoms with Crippen molar-refractivity contribution in [1.82, 2.24) is 4.68 Å². The van der Waals surface area contributed by atoms with Crippen molar-refractivity contribution in [2.45, 2.75) is 0 Å². The topological polar surface area (TPSA) is 85.4 Å². The van der Waals surface area contributed by atoms with E-state index in [2.05, 4.69) is 15.3 Å². The lowest BCUT2D eigenvalue weighted by molar-refractivity contribution is 0.559. The summed E-state index contributed by atoms with van der Waals surface area (Å²) in [4.78, 5) is 11.8. The predicted octanol–water partition coefficient (Wildman–Crippen LogP) is 1.97. The first-order valence-corrected chi connectivity index (χ1v) is 7.88. The lowest BCUT2D eigenvalue weighted by Gasteiger charge is -1.88. The van der Waals surface area contributed by atoms with E-state index in [0.29, 0.717) is 16.3 Å². The van der Waals surface area contributed by atoms with Crippen LogP contribution >= 0.6 is 20.7 Å². The molecule has 0 N–H and O–H groups in total. The molecule has 7 nitrogen and oxygen atoms in total. The van der Waals surface area contributed by atoms with Crippen molar-refractivity contribution in [3.05, 3.63) is 62.8 Å². The van der Waals surface area contributed by atoms with Crippen LogP contribution in [0.1, 0.15) is 11.5 Å². The van der Waals surface area contributed by atoms with E-state index in [1.54, 1.807) is 24.3 Å². The van der Waals surface area contributed by atoms with Gasteiger partial charge in [-0.2, -0.15) is 14.9 Å². The normalized spacial score (nSPS) is 12.9. The average molecular weight is 320 g/mol. The minimum absolute atomic E-state index is 0.241. The Morgan fingerprint density at radius 2 is 1.76 bits per heavy atom. The summed E-state index contributed by atoms with van der Waals surface area (Å²) in [6.45, 7) is 0. The van der Waals surface area contributed by atoms with Gasteiger partial charge in [0, 0.05) is 0 Å². The van der Waals surface area contributed by atoms with Gasteiger partial charge >= 0.3 is 4.87 Å². The van der Waals surface area contributed by atoms with Crippen LogP contribution in [0.3, 0.4) is 0 Å². The monoisotopic (exact) mass is 320 g/mol. The number of hydrogen-bond acceptors (Lipinski definition) is 8. The second-order valence-corrected chi connectivity index (χ2v) is 5.69. The third kappa shape index (κ3) is 3.33. The molecule has 0 saturated heterocycles. The molecule has 0 atom stereocenters. The first kappa shape index (κ1) is 13.5. The molecule has 0 spiro atoms. The molecule has 0 aliphatic rings. The quantitative estimate of drug-likeness (QED) is 0.418. The molecule has 3 heterocycles. The van der Waals surface area contributed by atoms with E-state index in [0.717, 1.165) is 15.0 Å². The zero-order valence-corrected chi connectivity index (χ0v) is 12.1. The molecule has 0 aliphatic carbocycles. The van der Waals surface area contributed by atoms with Crippen LogP contribution in [0.15, 0.2) is 65.7 Å². The molecule has 0 fully saturated rings. The minimum Gasteiger partial charge on any atom is -0.463 e. The molecule has 106 valence electrons. The smallest absolute Gasteiger partial charge is 0.340 e. The Hall–Kier alpha value is -2.52. The standard InChI is InChI=1S/C12H8N4O3S2/c17-12-16(14-8-10-4-2-6-19-10)11(20-21-12)15-13-7-9-3-1-5-18-9/h1-8H/b13-7+,14-8+,15-11-. The van der Waals surface area contributed by atoms with Gasteiger partial charge in [-0.25, -0.2) is 0 Å². The molecule has 3 aromatic rings. The highest BCUT2D eigenvalue weighted by Gasteiger charge is 2.01. The highest BCUT2D eigenvalue weighted by molar-refractivity contribution is 7.67. The van der Waals surface area contributed by atoms with Crippen molar-refractivity contribution in [2.24, 2.45) is 15.3 Å². The van der Waals surface area contributed by atoms with Crippen molar-refractivity contribution in [1.29, 1.82) is 0 Å². The predicted molar refractivity (Wildman–Crippen MR) is 80.0 cm³/mol. The minimum atomic E-state index is -0.241. The molecule has 0 aromatic carbocycles. The Balaban J connectivity index is 1.88. The maximum atomic E-state index is 11.7. The maximum Gasteiger partial charge on any atom is 0.340 e. The van der Waals surface area contributed by atoms with E-state index < -0.39 is 0 Å². The van der Waals surface area contributed by atoms with Gasteiger partial charge in [0.05, 0.1) is 25.0 Å². The SMILES string of the molecule is O=c1ss/c(=N\N=C\c2ccco2)n1/N=C/c1ccco1. The van der Waals surface area contributed by atoms with Crippen LogP contribution in [-0.4, -0.2) is 17.1 Å². The molecule has 0 amide bonds. The van der Waals surface area contributed by atoms with Crippen LogP contribution in [0.4, 0.5) is 0 Å². The van der Waals surface area contributed by atoms with Crippen LogP contribution in [0.2, 0.25) is 0 Å². The van der Waals surface area contributed by atoms with Gasteiger partial charge in [0.25, 0.3) is 0 Å². The number of nitrogens with zero attached hydrogens (tertiary/aromatic N) is 4. The Bertz CT molecular complexity index is 866. The van der Waals surface area contributed by atoms with Crippen molar-refractivity contribution in [3.63, 3.8) is 0 Å². The zero-order valence-electron chi connectivity index (χ0n) is 10.4. The molecule has 9 heteroatoms. The zero-order chi connectivity index (χ0) is 14.5. The highest BCUT2D eigenvalue weighted by Crippen LogP contribution is 1.97. The van der Waals surface area contributed by atoms with E-state index in [1.165, 1.54) is 35.3 Å².